The summed E-state index contributed by atoms with van der Waals surface area (Å²) < 4.78 is 10.8. The van der Waals surface area contributed by atoms with Crippen LogP contribution in [0.25, 0.3) is 11.0 Å². The Labute approximate surface area is 137 Å². The zero-order valence-electron chi connectivity index (χ0n) is 14.3. The monoisotopic (exact) mass is 312 g/mol. The predicted molar refractivity (Wildman–Crippen MR) is 95.2 cm³/mol. The first-order valence-corrected chi connectivity index (χ1v) is 7.90. The smallest absolute Gasteiger partial charge is 0.336 e. The van der Waals surface area contributed by atoms with Crippen LogP contribution in [0.2, 0.25) is 0 Å². The van der Waals surface area contributed by atoms with Gasteiger partial charge in [-0.15, -0.1) is 0 Å². The Hall–Kier alpha value is -2.29. The standard InChI is InChI=1S/C20H24O3/c1-14(2)6-5-7-15(3)8-11-17-18(22-4)12-9-16-10-13-19(21)23-20(16)17/h6,8-10,12-13H,5,7,11H2,1-4H3/b15-8+. The molecule has 0 aliphatic heterocycles. The highest BCUT2D eigenvalue weighted by molar-refractivity contribution is 5.82. The van der Waals surface area contributed by atoms with Crippen LogP contribution in [0.3, 0.4) is 0 Å². The minimum atomic E-state index is -0.337. The molecule has 1 aromatic carbocycles. The Kier molecular flexibility index (Phi) is 5.80. The van der Waals surface area contributed by atoms with E-state index >= 15 is 0 Å². The largest absolute Gasteiger partial charge is 0.496 e. The van der Waals surface area contributed by atoms with Crippen molar-refractivity contribution in [3.63, 3.8) is 0 Å². The van der Waals surface area contributed by atoms with Crippen molar-refractivity contribution in [2.45, 2.75) is 40.0 Å². The fraction of sp³-hybridized carbons (Fsp3) is 0.350. The van der Waals surface area contributed by atoms with Crippen molar-refractivity contribution in [3.05, 3.63) is 63.5 Å². The Balaban J connectivity index is 2.29. The SMILES string of the molecule is COc1ccc2ccc(=O)oc2c1C/C=C(\C)CCC=C(C)C. The molecule has 3 heteroatoms. The van der Waals surface area contributed by atoms with E-state index in [1.807, 2.05) is 12.1 Å². The first-order chi connectivity index (χ1) is 11.0. The molecule has 0 aliphatic carbocycles. The minimum Gasteiger partial charge on any atom is -0.496 e. The summed E-state index contributed by atoms with van der Waals surface area (Å²) in [6, 6.07) is 7.06. The molecule has 0 saturated heterocycles. The fourth-order valence-electron chi connectivity index (χ4n) is 2.52. The van der Waals surface area contributed by atoms with Crippen molar-refractivity contribution in [2.24, 2.45) is 0 Å². The van der Waals surface area contributed by atoms with E-state index in [0.29, 0.717) is 12.0 Å². The highest BCUT2D eigenvalue weighted by Gasteiger charge is 2.10. The highest BCUT2D eigenvalue weighted by Crippen LogP contribution is 2.28. The maximum atomic E-state index is 11.5. The number of allylic oxidation sites excluding steroid dienone is 4. The molecule has 23 heavy (non-hydrogen) atoms. The van der Waals surface area contributed by atoms with Crippen LogP contribution in [0.5, 0.6) is 5.75 Å². The lowest BCUT2D eigenvalue weighted by Crippen LogP contribution is -1.99. The number of rotatable bonds is 6. The molecule has 0 unspecified atom stereocenters. The number of hydrogen-bond donors (Lipinski definition) is 0. The van der Waals surface area contributed by atoms with E-state index in [1.54, 1.807) is 13.2 Å². The molecule has 0 radical (unpaired) electrons. The maximum Gasteiger partial charge on any atom is 0.336 e. The van der Waals surface area contributed by atoms with E-state index in [-0.39, 0.29) is 5.63 Å². The molecule has 122 valence electrons. The molecule has 0 saturated carbocycles. The summed E-state index contributed by atoms with van der Waals surface area (Å²) in [5.74, 6) is 0.750. The zero-order valence-corrected chi connectivity index (χ0v) is 14.3. The second-order valence-corrected chi connectivity index (χ2v) is 5.99. The number of benzene rings is 1. The number of ether oxygens (including phenoxy) is 1. The van der Waals surface area contributed by atoms with Crippen molar-refractivity contribution in [1.82, 2.24) is 0 Å². The van der Waals surface area contributed by atoms with Crippen molar-refractivity contribution < 1.29 is 9.15 Å². The van der Waals surface area contributed by atoms with Gasteiger partial charge in [-0.05, 0) is 58.2 Å². The van der Waals surface area contributed by atoms with Gasteiger partial charge < -0.3 is 9.15 Å². The zero-order chi connectivity index (χ0) is 16.8. The van der Waals surface area contributed by atoms with Crippen LogP contribution in [-0.2, 0) is 6.42 Å². The van der Waals surface area contributed by atoms with Crippen molar-refractivity contribution in [1.29, 1.82) is 0 Å². The topological polar surface area (TPSA) is 39.4 Å². The summed E-state index contributed by atoms with van der Waals surface area (Å²) in [7, 11) is 1.64. The third-order valence-electron chi connectivity index (χ3n) is 3.82. The quantitative estimate of drug-likeness (QED) is 0.554. The summed E-state index contributed by atoms with van der Waals surface area (Å²) in [5.41, 5.74) is 3.86. The molecule has 2 aromatic rings. The van der Waals surface area contributed by atoms with E-state index in [9.17, 15) is 4.79 Å². The summed E-state index contributed by atoms with van der Waals surface area (Å²) in [5, 5.41) is 0.913. The molecule has 0 atom stereocenters. The molecule has 0 fully saturated rings. The Morgan fingerprint density at radius 1 is 1.13 bits per heavy atom. The van der Waals surface area contributed by atoms with Gasteiger partial charge in [0.1, 0.15) is 11.3 Å². The maximum absolute atomic E-state index is 11.5. The normalized spacial score (nSPS) is 11.6. The van der Waals surface area contributed by atoms with Gasteiger partial charge in [0.2, 0.25) is 0 Å². The third-order valence-corrected chi connectivity index (χ3v) is 3.82. The third kappa shape index (κ3) is 4.59. The van der Waals surface area contributed by atoms with E-state index in [0.717, 1.165) is 29.5 Å². The van der Waals surface area contributed by atoms with Gasteiger partial charge in [0.15, 0.2) is 0 Å². The van der Waals surface area contributed by atoms with Gasteiger partial charge in [-0.3, -0.25) is 0 Å². The molecule has 0 bridgehead atoms. The minimum absolute atomic E-state index is 0.337. The molecule has 2 rings (SSSR count). The van der Waals surface area contributed by atoms with Crippen molar-refractivity contribution in [3.8, 4) is 5.75 Å². The molecular formula is C20H24O3. The molecule has 0 amide bonds. The molecule has 1 heterocycles. The van der Waals surface area contributed by atoms with Gasteiger partial charge in [0, 0.05) is 17.0 Å². The van der Waals surface area contributed by atoms with Crippen LogP contribution >= 0.6 is 0 Å². The number of hydrogen-bond acceptors (Lipinski definition) is 3. The lowest BCUT2D eigenvalue weighted by Gasteiger charge is -2.09. The Bertz CT molecular complexity index is 790. The van der Waals surface area contributed by atoms with Gasteiger partial charge in [-0.2, -0.15) is 0 Å². The number of fused-ring (bicyclic) bond motifs is 1. The summed E-state index contributed by atoms with van der Waals surface area (Å²) in [4.78, 5) is 11.5. The average molecular weight is 312 g/mol. The van der Waals surface area contributed by atoms with Crippen LogP contribution < -0.4 is 10.4 Å². The first kappa shape index (κ1) is 17.1. The second-order valence-electron chi connectivity index (χ2n) is 5.99. The van der Waals surface area contributed by atoms with Gasteiger partial charge in [-0.1, -0.05) is 23.3 Å². The molecule has 0 N–H and O–H groups in total. The summed E-state index contributed by atoms with van der Waals surface area (Å²) in [6.07, 6.45) is 7.20. The summed E-state index contributed by atoms with van der Waals surface area (Å²) >= 11 is 0. The van der Waals surface area contributed by atoms with E-state index in [4.69, 9.17) is 9.15 Å². The fourth-order valence-corrected chi connectivity index (χ4v) is 2.52. The van der Waals surface area contributed by atoms with Gasteiger partial charge in [-0.25, -0.2) is 4.79 Å². The van der Waals surface area contributed by atoms with E-state index < -0.39 is 0 Å². The van der Waals surface area contributed by atoms with E-state index in [2.05, 4.69) is 32.9 Å². The Morgan fingerprint density at radius 3 is 2.57 bits per heavy atom. The van der Waals surface area contributed by atoms with Crippen molar-refractivity contribution >= 4 is 11.0 Å². The van der Waals surface area contributed by atoms with Crippen LogP contribution in [0.1, 0.15) is 39.2 Å². The predicted octanol–water partition coefficient (Wildman–Crippen LogP) is 5.04. The van der Waals surface area contributed by atoms with E-state index in [1.165, 1.54) is 17.2 Å². The van der Waals surface area contributed by atoms with Gasteiger partial charge in [0.05, 0.1) is 7.11 Å². The van der Waals surface area contributed by atoms with Crippen molar-refractivity contribution in [2.75, 3.05) is 7.11 Å². The average Bonchev–Trinajstić information content (AvgIpc) is 2.52. The van der Waals surface area contributed by atoms with Crippen LogP contribution in [0.15, 0.2) is 56.8 Å². The van der Waals surface area contributed by atoms with Gasteiger partial charge >= 0.3 is 5.63 Å². The molecular weight excluding hydrogens is 288 g/mol. The molecule has 1 aromatic heterocycles. The highest BCUT2D eigenvalue weighted by atomic mass is 16.5. The molecule has 3 nitrogen and oxygen atoms in total. The molecule has 0 aliphatic rings. The van der Waals surface area contributed by atoms with Crippen LogP contribution in [0.4, 0.5) is 0 Å². The van der Waals surface area contributed by atoms with Crippen LogP contribution in [0, 0.1) is 0 Å². The molecule has 0 spiro atoms. The lowest BCUT2D eigenvalue weighted by molar-refractivity contribution is 0.409. The van der Waals surface area contributed by atoms with Crippen LogP contribution in [-0.4, -0.2) is 7.11 Å². The van der Waals surface area contributed by atoms with Gasteiger partial charge in [0.25, 0.3) is 0 Å². The number of methoxy groups -OCH3 is 1. The second kappa shape index (κ2) is 7.82. The summed E-state index contributed by atoms with van der Waals surface area (Å²) in [6.45, 7) is 6.36. The first-order valence-electron chi connectivity index (χ1n) is 7.90. The lowest BCUT2D eigenvalue weighted by atomic mass is 10.0. The Morgan fingerprint density at radius 2 is 1.87 bits per heavy atom.